The number of carbonyl (C=O) groups excluding carboxylic acids is 1. The molecule has 24 heavy (non-hydrogen) atoms. The number of carbonyl (C=O) groups is 1. The molecule has 0 atom stereocenters. The van der Waals surface area contributed by atoms with E-state index in [2.05, 4.69) is 15.4 Å². The summed E-state index contributed by atoms with van der Waals surface area (Å²) >= 11 is 0. The van der Waals surface area contributed by atoms with Gasteiger partial charge < -0.3 is 5.32 Å². The van der Waals surface area contributed by atoms with Gasteiger partial charge in [-0.25, -0.2) is 18.4 Å². The van der Waals surface area contributed by atoms with Gasteiger partial charge in [0.1, 0.15) is 24.2 Å². The highest BCUT2D eigenvalue weighted by molar-refractivity contribution is 5.90. The van der Waals surface area contributed by atoms with Crippen molar-refractivity contribution in [2.45, 2.75) is 12.8 Å². The first-order chi connectivity index (χ1) is 11.6. The molecule has 0 aliphatic rings. The minimum absolute atomic E-state index is 0.220. The van der Waals surface area contributed by atoms with E-state index in [1.54, 1.807) is 18.2 Å². The molecule has 0 radical (unpaired) electrons. The van der Waals surface area contributed by atoms with Crippen molar-refractivity contribution in [1.29, 1.82) is 0 Å². The third kappa shape index (κ3) is 3.81. The SMILES string of the molecule is O=C(CCc1ccc(F)cc1)Nc1ccc(-n2cncn2)c(F)c1. The van der Waals surface area contributed by atoms with Crippen molar-refractivity contribution in [1.82, 2.24) is 14.8 Å². The largest absolute Gasteiger partial charge is 0.326 e. The number of nitrogens with one attached hydrogen (secondary N) is 1. The van der Waals surface area contributed by atoms with E-state index in [4.69, 9.17) is 0 Å². The molecule has 0 fully saturated rings. The van der Waals surface area contributed by atoms with Crippen LogP contribution in [-0.4, -0.2) is 20.7 Å². The fraction of sp³-hybridized carbons (Fsp3) is 0.118. The molecule has 2 aromatic carbocycles. The van der Waals surface area contributed by atoms with E-state index in [-0.39, 0.29) is 23.8 Å². The first kappa shape index (κ1) is 15.8. The van der Waals surface area contributed by atoms with Crippen LogP contribution in [0.3, 0.4) is 0 Å². The Morgan fingerprint density at radius 2 is 1.92 bits per heavy atom. The summed E-state index contributed by atoms with van der Waals surface area (Å²) < 4.78 is 28.2. The average molecular weight is 328 g/mol. The molecule has 1 N–H and O–H groups in total. The predicted octanol–water partition coefficient (Wildman–Crippen LogP) is 3.12. The molecule has 0 saturated carbocycles. The van der Waals surface area contributed by atoms with Gasteiger partial charge in [0.2, 0.25) is 5.91 Å². The molecule has 122 valence electrons. The summed E-state index contributed by atoms with van der Waals surface area (Å²) in [5.41, 5.74) is 1.47. The van der Waals surface area contributed by atoms with Gasteiger partial charge in [0.15, 0.2) is 5.82 Å². The van der Waals surface area contributed by atoms with E-state index in [1.807, 2.05) is 0 Å². The van der Waals surface area contributed by atoms with Gasteiger partial charge in [-0.2, -0.15) is 5.10 Å². The van der Waals surface area contributed by atoms with Crippen molar-refractivity contribution in [3.63, 3.8) is 0 Å². The van der Waals surface area contributed by atoms with Gasteiger partial charge >= 0.3 is 0 Å². The van der Waals surface area contributed by atoms with E-state index in [0.29, 0.717) is 12.1 Å². The number of hydrogen-bond donors (Lipinski definition) is 1. The van der Waals surface area contributed by atoms with Crippen molar-refractivity contribution < 1.29 is 13.6 Å². The number of aromatic nitrogens is 3. The summed E-state index contributed by atoms with van der Waals surface area (Å²) in [5.74, 6) is -1.07. The van der Waals surface area contributed by atoms with E-state index >= 15 is 0 Å². The maximum absolute atomic E-state index is 14.1. The molecule has 0 bridgehead atoms. The first-order valence-corrected chi connectivity index (χ1v) is 7.30. The van der Waals surface area contributed by atoms with E-state index in [0.717, 1.165) is 5.56 Å². The van der Waals surface area contributed by atoms with Crippen LogP contribution in [0.5, 0.6) is 0 Å². The lowest BCUT2D eigenvalue weighted by atomic mass is 10.1. The molecule has 0 aliphatic carbocycles. The Balaban J connectivity index is 1.60. The number of amides is 1. The summed E-state index contributed by atoms with van der Waals surface area (Å²) in [6.45, 7) is 0. The number of anilines is 1. The lowest BCUT2D eigenvalue weighted by Gasteiger charge is -2.08. The van der Waals surface area contributed by atoms with Crippen molar-refractivity contribution in [2.75, 3.05) is 5.32 Å². The molecule has 3 rings (SSSR count). The third-order valence-corrected chi connectivity index (χ3v) is 3.45. The van der Waals surface area contributed by atoms with Crippen LogP contribution < -0.4 is 5.32 Å². The number of nitrogens with zero attached hydrogens (tertiary/aromatic N) is 3. The number of aryl methyl sites for hydroxylation is 1. The average Bonchev–Trinajstić information content (AvgIpc) is 3.09. The molecule has 3 aromatic rings. The van der Waals surface area contributed by atoms with Crippen LogP contribution in [0.4, 0.5) is 14.5 Å². The highest BCUT2D eigenvalue weighted by Gasteiger charge is 2.09. The van der Waals surface area contributed by atoms with Gasteiger partial charge in [-0.1, -0.05) is 12.1 Å². The lowest BCUT2D eigenvalue weighted by Crippen LogP contribution is -2.13. The molecule has 0 spiro atoms. The zero-order valence-corrected chi connectivity index (χ0v) is 12.6. The van der Waals surface area contributed by atoms with E-state index in [1.165, 1.54) is 41.6 Å². The zero-order valence-electron chi connectivity index (χ0n) is 12.6. The van der Waals surface area contributed by atoms with Gasteiger partial charge in [-0.3, -0.25) is 4.79 Å². The normalized spacial score (nSPS) is 10.6. The molecular weight excluding hydrogens is 314 g/mol. The Morgan fingerprint density at radius 3 is 2.58 bits per heavy atom. The fourth-order valence-corrected chi connectivity index (χ4v) is 2.24. The molecule has 0 aliphatic heterocycles. The van der Waals surface area contributed by atoms with Gasteiger partial charge in [-0.05, 0) is 42.3 Å². The van der Waals surface area contributed by atoms with Gasteiger partial charge in [0.25, 0.3) is 0 Å². The summed E-state index contributed by atoms with van der Waals surface area (Å²) in [5, 5.41) is 6.50. The number of halogens is 2. The minimum atomic E-state index is -0.517. The Kier molecular flexibility index (Phi) is 4.60. The molecule has 5 nitrogen and oxygen atoms in total. The smallest absolute Gasteiger partial charge is 0.224 e. The van der Waals surface area contributed by atoms with Crippen LogP contribution in [-0.2, 0) is 11.2 Å². The molecule has 1 amide bonds. The van der Waals surface area contributed by atoms with Crippen molar-refractivity contribution in [3.05, 3.63) is 72.3 Å². The number of rotatable bonds is 5. The van der Waals surface area contributed by atoms with Crippen molar-refractivity contribution in [3.8, 4) is 5.69 Å². The second-order valence-corrected chi connectivity index (χ2v) is 5.18. The summed E-state index contributed by atoms with van der Waals surface area (Å²) in [4.78, 5) is 15.7. The zero-order chi connectivity index (χ0) is 16.9. The van der Waals surface area contributed by atoms with Crippen LogP contribution in [0.2, 0.25) is 0 Å². The molecule has 7 heteroatoms. The monoisotopic (exact) mass is 328 g/mol. The van der Waals surface area contributed by atoms with E-state index in [9.17, 15) is 13.6 Å². The molecular formula is C17H14F2N4O. The second-order valence-electron chi connectivity index (χ2n) is 5.18. The highest BCUT2D eigenvalue weighted by atomic mass is 19.1. The fourth-order valence-electron chi connectivity index (χ4n) is 2.24. The maximum Gasteiger partial charge on any atom is 0.224 e. The maximum atomic E-state index is 14.1. The van der Waals surface area contributed by atoms with Crippen LogP contribution in [0.25, 0.3) is 5.69 Å². The highest BCUT2D eigenvalue weighted by Crippen LogP contribution is 2.17. The summed E-state index contributed by atoms with van der Waals surface area (Å²) in [6.07, 6.45) is 3.40. The molecule has 0 unspecified atom stereocenters. The van der Waals surface area contributed by atoms with E-state index < -0.39 is 5.82 Å². The van der Waals surface area contributed by atoms with Gasteiger partial charge in [0, 0.05) is 12.1 Å². The molecule has 1 aromatic heterocycles. The number of benzene rings is 2. The number of hydrogen-bond acceptors (Lipinski definition) is 3. The van der Waals surface area contributed by atoms with Crippen molar-refractivity contribution in [2.24, 2.45) is 0 Å². The lowest BCUT2D eigenvalue weighted by molar-refractivity contribution is -0.116. The minimum Gasteiger partial charge on any atom is -0.326 e. The van der Waals surface area contributed by atoms with Gasteiger partial charge in [-0.15, -0.1) is 0 Å². The summed E-state index contributed by atoms with van der Waals surface area (Å²) in [6, 6.07) is 10.3. The second kappa shape index (κ2) is 6.99. The Hall–Kier alpha value is -3.09. The Labute approximate surface area is 137 Å². The molecule has 1 heterocycles. The van der Waals surface area contributed by atoms with Crippen LogP contribution in [0.1, 0.15) is 12.0 Å². The Bertz CT molecular complexity index is 832. The third-order valence-electron chi connectivity index (χ3n) is 3.45. The van der Waals surface area contributed by atoms with Gasteiger partial charge in [0.05, 0.1) is 0 Å². The summed E-state index contributed by atoms with van der Waals surface area (Å²) in [7, 11) is 0. The van der Waals surface area contributed by atoms with Crippen LogP contribution in [0, 0.1) is 11.6 Å². The topological polar surface area (TPSA) is 59.8 Å². The standard InChI is InChI=1S/C17H14F2N4O/c18-13-4-1-12(2-5-13)3-8-17(24)22-14-6-7-16(15(19)9-14)23-11-20-10-21-23/h1-2,4-7,9-11H,3,8H2,(H,22,24). The first-order valence-electron chi connectivity index (χ1n) is 7.30. The predicted molar refractivity (Wildman–Crippen MR) is 84.7 cm³/mol. The van der Waals surface area contributed by atoms with Crippen LogP contribution >= 0.6 is 0 Å². The molecule has 0 saturated heterocycles. The Morgan fingerprint density at radius 1 is 1.12 bits per heavy atom. The van der Waals surface area contributed by atoms with Crippen molar-refractivity contribution >= 4 is 11.6 Å². The van der Waals surface area contributed by atoms with Crippen LogP contribution in [0.15, 0.2) is 55.1 Å². The quantitative estimate of drug-likeness (QED) is 0.783.